The molecule has 30 heteroatoms. The van der Waals surface area contributed by atoms with E-state index in [2.05, 4.69) is 63.7 Å². The fourth-order valence-electron chi connectivity index (χ4n) is 12.6. The van der Waals surface area contributed by atoms with Gasteiger partial charge in [-0.3, -0.25) is 47.9 Å². The molecular formula is C69H78F2N14O12S2. The van der Waals surface area contributed by atoms with Crippen LogP contribution < -0.4 is 43.0 Å². The summed E-state index contributed by atoms with van der Waals surface area (Å²) < 4.78 is 29.8. The number of aromatic hydroxyl groups is 1. The summed E-state index contributed by atoms with van der Waals surface area (Å²) in [4.78, 5) is 159. The number of rotatable bonds is 11. The van der Waals surface area contributed by atoms with Gasteiger partial charge in [-0.25, -0.2) is 13.8 Å². The van der Waals surface area contributed by atoms with Gasteiger partial charge in [0.2, 0.25) is 53.2 Å². The zero-order chi connectivity index (χ0) is 70.5. The van der Waals surface area contributed by atoms with Gasteiger partial charge in [0, 0.05) is 114 Å². The quantitative estimate of drug-likeness (QED) is 0.0881. The van der Waals surface area contributed by atoms with Crippen LogP contribution in [-0.4, -0.2) is 178 Å². The zero-order valence-corrected chi connectivity index (χ0v) is 55.8. The number of primary amides is 1. The first-order valence-electron chi connectivity index (χ1n) is 32.3. The molecule has 3 aliphatic heterocycles. The maximum atomic E-state index is 15.2. The molecule has 7 aromatic rings. The number of carbonyl (C=O) groups is 10. The number of H-pyrrole nitrogens is 3. The van der Waals surface area contributed by atoms with Gasteiger partial charge in [0.1, 0.15) is 65.2 Å². The third-order valence-corrected chi connectivity index (χ3v) is 20.1. The largest absolute Gasteiger partial charge is 0.508 e. The molecule has 0 saturated carbocycles. The number of phenols is 1. The average Bonchev–Trinajstić information content (AvgIpc) is 1.72. The van der Waals surface area contributed by atoms with Gasteiger partial charge in [0.05, 0.1) is 19.3 Å². The van der Waals surface area contributed by atoms with Crippen LogP contribution in [0.15, 0.2) is 122 Å². The molecule has 2 fully saturated rings. The van der Waals surface area contributed by atoms with E-state index in [4.69, 9.17) is 5.73 Å². The fraction of sp³-hybridized carbons (Fsp3) is 0.377. The second kappa shape index (κ2) is 32.4. The highest BCUT2D eigenvalue weighted by Crippen LogP contribution is 2.32. The number of nitrogens with one attached hydrogen (secondary N) is 10. The van der Waals surface area contributed by atoms with Crippen molar-refractivity contribution >= 4 is 104 Å². The molecule has 10 rings (SSSR count). The summed E-state index contributed by atoms with van der Waals surface area (Å²) in [5.74, 6) is -8.19. The van der Waals surface area contributed by atoms with Gasteiger partial charge in [-0.1, -0.05) is 43.0 Å². The van der Waals surface area contributed by atoms with Gasteiger partial charge in [-0.2, -0.15) is 23.5 Å². The lowest BCUT2D eigenvalue weighted by molar-refractivity contribution is -0.147. The number of fused-ring (bicyclic) bond motifs is 6. The van der Waals surface area contributed by atoms with E-state index in [1.54, 1.807) is 22.9 Å². The molecule has 99 heavy (non-hydrogen) atoms. The molecule has 0 aliphatic carbocycles. The Balaban J connectivity index is 0.978. The lowest BCUT2D eigenvalue weighted by Gasteiger charge is -2.37. The topological polar surface area (TPSA) is 388 Å². The first kappa shape index (κ1) is 71.5. The minimum absolute atomic E-state index is 0.0354. The standard InChI is InChI=1S/C69H78F2N14O12S2/c1-38-30-76-66(95)58-16-17-59(87)84(58)19-5-21-98-34-40-6-3-7-41(22-40)35-99-36-57(61(72)90)83-68(97)69(2)18-4-20-85(69)67(96)56(23-39-8-12-47(86)13-9-39)82-64(93)54(28-46-33-73-37-77-46)80-65(94)55(29-60(88)89)81-63(92)53(25-43-32-75-51-15-11-45(71)27-49(43)51)79-62(91)52(78-38)24-42-31-74-50-14-10-44(70)26-48(42)50/h3,6-15,22,26-27,31-33,37,52-58,74-75,78,86H,1,4-5,16-21,23-25,28-30,34-36H2,2H3,(H2,72,90)(H,73,77)(H,76,95)(H,79,91)(H,80,94)(H,81,92)(H,82,93)(H,83,97)(H,88,89)/t52-,53-,54-,55-,56-,57?,58-,69-/m0/s1. The number of amides is 9. The van der Waals surface area contributed by atoms with Crippen molar-refractivity contribution in [2.24, 2.45) is 5.73 Å². The fourth-order valence-corrected chi connectivity index (χ4v) is 14.5. The van der Waals surface area contributed by atoms with E-state index in [0.717, 1.165) is 11.1 Å². The Morgan fingerprint density at radius 1 is 0.687 bits per heavy atom. The van der Waals surface area contributed by atoms with Gasteiger partial charge >= 0.3 is 5.97 Å². The number of thioether (sulfide) groups is 2. The van der Waals surface area contributed by atoms with E-state index in [1.807, 2.05) is 24.3 Å². The molecule has 1 unspecified atom stereocenters. The van der Waals surface area contributed by atoms with Crippen LogP contribution >= 0.6 is 23.5 Å². The van der Waals surface area contributed by atoms with Gasteiger partial charge in [0.15, 0.2) is 0 Å². The smallest absolute Gasteiger partial charge is 0.305 e. The summed E-state index contributed by atoms with van der Waals surface area (Å²) in [6.07, 6.45) is 4.88. The lowest BCUT2D eigenvalue weighted by Crippen LogP contribution is -2.63. The van der Waals surface area contributed by atoms with Crippen molar-refractivity contribution in [1.82, 2.24) is 67.0 Å². The normalized spacial score (nSPS) is 23.6. The van der Waals surface area contributed by atoms with Crippen LogP contribution in [0.1, 0.15) is 79.0 Å². The predicted molar refractivity (Wildman–Crippen MR) is 366 cm³/mol. The number of benzene rings is 4. The number of phenolic OH excluding ortho intramolecular Hbond substituents is 1. The van der Waals surface area contributed by atoms with E-state index in [0.29, 0.717) is 75.1 Å². The summed E-state index contributed by atoms with van der Waals surface area (Å²) in [6.45, 7) is 5.74. The molecule has 6 heterocycles. The van der Waals surface area contributed by atoms with E-state index in [1.165, 1.54) is 103 Å². The van der Waals surface area contributed by atoms with Gasteiger partial charge < -0.3 is 77.9 Å². The molecule has 0 spiro atoms. The summed E-state index contributed by atoms with van der Waals surface area (Å²) in [5, 5.41) is 40.5. The summed E-state index contributed by atoms with van der Waals surface area (Å²) in [7, 11) is 0. The van der Waals surface area contributed by atoms with Crippen LogP contribution in [0.4, 0.5) is 8.78 Å². The highest BCUT2D eigenvalue weighted by molar-refractivity contribution is 7.98. The highest BCUT2D eigenvalue weighted by atomic mass is 32.2. The van der Waals surface area contributed by atoms with Crippen LogP contribution in [0.2, 0.25) is 0 Å². The number of nitrogens with two attached hydrogens (primary N) is 1. The summed E-state index contributed by atoms with van der Waals surface area (Å²) in [5.41, 5.74) is 8.83. The van der Waals surface area contributed by atoms with Crippen molar-refractivity contribution in [3.63, 3.8) is 0 Å². The molecule has 2 saturated heterocycles. The maximum Gasteiger partial charge on any atom is 0.305 e. The number of aromatic amines is 3. The molecule has 26 nitrogen and oxygen atoms in total. The Kier molecular flexibility index (Phi) is 23.4. The molecule has 3 aliphatic rings. The number of carboxylic acids is 1. The number of aliphatic carboxylic acids is 1. The Hall–Kier alpha value is -10.2. The van der Waals surface area contributed by atoms with Crippen molar-refractivity contribution in [1.29, 1.82) is 0 Å². The Labute approximate surface area is 576 Å². The Bertz CT molecular complexity index is 4170. The molecule has 0 radical (unpaired) electrons. The van der Waals surface area contributed by atoms with Crippen molar-refractivity contribution in [3.05, 3.63) is 167 Å². The molecule has 2 bridgehead atoms. The predicted octanol–water partition coefficient (Wildman–Crippen LogP) is 3.54. The SMILES string of the molecule is C=C1CNC(=O)[C@@H]2CCC(=O)N2CCCSCc2cccc(c2)CSCC(C(N)=O)NC(=O)[C@]2(C)CCCN2C(=O)[C@H](Cc2ccc(O)cc2)NC(=O)[C@H](Cc2cnc[nH]2)NC(=O)[C@H](CC(=O)O)NC(=O)[C@H](Cc2c[nH]c3ccc(F)cc23)NC(=O)[C@H](Cc2c[nH]c3ccc(F)cc23)N1. The number of aromatic nitrogens is 4. The zero-order valence-electron chi connectivity index (χ0n) is 54.1. The average molecular weight is 1400 g/mol. The van der Waals surface area contributed by atoms with Crippen LogP contribution in [0.25, 0.3) is 21.8 Å². The van der Waals surface area contributed by atoms with Crippen LogP contribution in [0, 0.1) is 11.6 Å². The van der Waals surface area contributed by atoms with Crippen molar-refractivity contribution in [3.8, 4) is 5.75 Å². The number of imidazole rings is 1. The highest BCUT2D eigenvalue weighted by Gasteiger charge is 2.49. The molecular weight excluding hydrogens is 1320 g/mol. The monoisotopic (exact) mass is 1400 g/mol. The number of carboxylic acid groups (broad SMARTS) is 1. The van der Waals surface area contributed by atoms with E-state index >= 15 is 19.2 Å². The van der Waals surface area contributed by atoms with Crippen LogP contribution in [-0.2, 0) is 85.1 Å². The minimum atomic E-state index is -2.00. The van der Waals surface area contributed by atoms with Crippen LogP contribution in [0.5, 0.6) is 5.75 Å². The van der Waals surface area contributed by atoms with E-state index in [9.17, 15) is 47.8 Å². The minimum Gasteiger partial charge on any atom is -0.508 e. The first-order valence-corrected chi connectivity index (χ1v) is 34.7. The number of hydrogen-bond donors (Lipinski definition) is 13. The summed E-state index contributed by atoms with van der Waals surface area (Å²) in [6, 6.07) is 11.4. The maximum absolute atomic E-state index is 15.2. The lowest BCUT2D eigenvalue weighted by atomic mass is 9.95. The number of carbonyl (C=O) groups excluding carboxylic acids is 9. The van der Waals surface area contributed by atoms with Gasteiger partial charge in [0.25, 0.3) is 0 Å². The Morgan fingerprint density at radius 2 is 1.28 bits per heavy atom. The number of hydrogen-bond acceptors (Lipinski definition) is 15. The second-order valence-corrected chi connectivity index (χ2v) is 27.2. The van der Waals surface area contributed by atoms with Gasteiger partial charge in [-0.05, 0) is 115 Å². The third kappa shape index (κ3) is 18.3. The van der Waals surface area contributed by atoms with E-state index in [-0.39, 0.29) is 80.4 Å². The second-order valence-electron chi connectivity index (χ2n) is 25.1. The van der Waals surface area contributed by atoms with Crippen molar-refractivity contribution < 1.29 is 66.9 Å². The van der Waals surface area contributed by atoms with Crippen molar-refractivity contribution in [2.45, 2.75) is 130 Å². The van der Waals surface area contributed by atoms with E-state index < -0.39 is 126 Å². The molecule has 4 aromatic carbocycles. The third-order valence-electron chi connectivity index (χ3n) is 17.9. The van der Waals surface area contributed by atoms with Crippen LogP contribution in [0.3, 0.4) is 0 Å². The first-order chi connectivity index (χ1) is 47.5. The number of halogens is 2. The Morgan fingerprint density at radius 3 is 1.90 bits per heavy atom. The molecule has 8 atom stereocenters. The molecule has 9 amide bonds. The molecule has 522 valence electrons. The molecule has 14 N–H and O–H groups in total. The molecule has 3 aromatic heterocycles. The van der Waals surface area contributed by atoms with Crippen molar-refractivity contribution in [2.75, 3.05) is 31.1 Å². The van der Waals surface area contributed by atoms with Gasteiger partial charge in [-0.15, -0.1) is 0 Å². The summed E-state index contributed by atoms with van der Waals surface area (Å²) >= 11 is 3.01. The number of nitrogens with zero attached hydrogens (tertiary/aromatic N) is 3.